The Morgan fingerprint density at radius 1 is 1.39 bits per heavy atom. The van der Waals surface area contributed by atoms with E-state index in [1.165, 1.54) is 6.42 Å². The highest BCUT2D eigenvalue weighted by Crippen LogP contribution is 2.21. The molecule has 3 nitrogen and oxygen atoms in total. The number of hydrogen-bond donors (Lipinski definition) is 2. The zero-order valence-corrected chi connectivity index (χ0v) is 10.4. The molecule has 0 radical (unpaired) electrons. The lowest BCUT2D eigenvalue weighted by atomic mass is 10.2. The number of likely N-dealkylation sites (N-methyl/N-ethyl adjacent to an activating group) is 1. The van der Waals surface area contributed by atoms with E-state index in [0.29, 0.717) is 18.2 Å². The van der Waals surface area contributed by atoms with Crippen LogP contribution in [0.5, 0.6) is 5.75 Å². The fourth-order valence-corrected chi connectivity index (χ4v) is 2.34. The lowest BCUT2D eigenvalue weighted by molar-refractivity contribution is 0.300. The second-order valence-corrected chi connectivity index (χ2v) is 4.82. The van der Waals surface area contributed by atoms with Crippen molar-refractivity contribution in [3.63, 3.8) is 0 Å². The second kappa shape index (κ2) is 5.63. The molecule has 18 heavy (non-hydrogen) atoms. The number of likely N-dealkylation sites (tertiary alicyclic amines) is 1. The molecule has 0 bridgehead atoms. The molecule has 1 aliphatic rings. The molecule has 1 heterocycles. The van der Waals surface area contributed by atoms with Crippen molar-refractivity contribution in [2.45, 2.75) is 25.4 Å². The summed E-state index contributed by atoms with van der Waals surface area (Å²) < 4.78 is 26.2. The van der Waals surface area contributed by atoms with Crippen molar-refractivity contribution >= 4 is 0 Å². The summed E-state index contributed by atoms with van der Waals surface area (Å²) in [6.07, 6.45) is 2.35. The molecule has 0 amide bonds. The van der Waals surface area contributed by atoms with Crippen molar-refractivity contribution in [1.29, 1.82) is 0 Å². The summed E-state index contributed by atoms with van der Waals surface area (Å²) in [5.74, 6) is -2.73. The van der Waals surface area contributed by atoms with Crippen molar-refractivity contribution < 1.29 is 13.9 Å². The number of benzene rings is 1. The normalized spacial score (nSPS) is 20.5. The number of phenols is 1. The van der Waals surface area contributed by atoms with Crippen molar-refractivity contribution in [3.05, 3.63) is 29.3 Å². The first kappa shape index (κ1) is 13.2. The first-order valence-electron chi connectivity index (χ1n) is 6.16. The van der Waals surface area contributed by atoms with Gasteiger partial charge in [-0.15, -0.1) is 0 Å². The van der Waals surface area contributed by atoms with Crippen molar-refractivity contribution in [2.24, 2.45) is 0 Å². The third-order valence-corrected chi connectivity index (χ3v) is 3.46. The van der Waals surface area contributed by atoms with Gasteiger partial charge in [-0.05, 0) is 44.1 Å². The number of aromatic hydroxyl groups is 1. The van der Waals surface area contributed by atoms with Crippen LogP contribution in [-0.2, 0) is 6.54 Å². The van der Waals surface area contributed by atoms with Gasteiger partial charge >= 0.3 is 0 Å². The fourth-order valence-electron chi connectivity index (χ4n) is 2.34. The smallest absolute Gasteiger partial charge is 0.187 e. The lowest BCUT2D eigenvalue weighted by Gasteiger charge is -2.19. The number of halogens is 2. The van der Waals surface area contributed by atoms with Crippen LogP contribution in [0.1, 0.15) is 18.4 Å². The van der Waals surface area contributed by atoms with Crippen LogP contribution < -0.4 is 5.32 Å². The average molecular weight is 256 g/mol. The molecule has 2 rings (SSSR count). The molecule has 1 aliphatic heterocycles. The van der Waals surface area contributed by atoms with Gasteiger partial charge in [-0.25, -0.2) is 8.78 Å². The molecule has 1 fully saturated rings. The van der Waals surface area contributed by atoms with Crippen molar-refractivity contribution in [1.82, 2.24) is 10.2 Å². The summed E-state index contributed by atoms with van der Waals surface area (Å²) in [6, 6.07) is 2.81. The Morgan fingerprint density at radius 2 is 2.06 bits per heavy atom. The average Bonchev–Trinajstić information content (AvgIpc) is 2.72. The van der Waals surface area contributed by atoms with Crippen LogP contribution >= 0.6 is 0 Å². The third kappa shape index (κ3) is 2.97. The molecule has 1 aromatic carbocycles. The summed E-state index contributed by atoms with van der Waals surface area (Å²) in [7, 11) is 2.08. The predicted molar refractivity (Wildman–Crippen MR) is 65.4 cm³/mol. The Morgan fingerprint density at radius 3 is 2.61 bits per heavy atom. The molecule has 5 heteroatoms. The Bertz CT molecular complexity index is 402. The predicted octanol–water partition coefficient (Wildman–Crippen LogP) is 1.85. The maximum absolute atomic E-state index is 13.1. The van der Waals surface area contributed by atoms with Crippen molar-refractivity contribution in [3.8, 4) is 5.75 Å². The molecular weight excluding hydrogens is 238 g/mol. The minimum atomic E-state index is -0.912. The van der Waals surface area contributed by atoms with Gasteiger partial charge in [0.05, 0.1) is 0 Å². The van der Waals surface area contributed by atoms with E-state index in [4.69, 9.17) is 5.11 Å². The molecule has 2 N–H and O–H groups in total. The standard InChI is InChI=1S/C13H18F2N2O/c1-17-4-2-3-10(17)8-16-7-9-5-11(14)13(18)12(15)6-9/h5-6,10,16,18H,2-4,7-8H2,1H3. The Balaban J connectivity index is 1.87. The van der Waals surface area contributed by atoms with E-state index in [-0.39, 0.29) is 0 Å². The summed E-state index contributed by atoms with van der Waals surface area (Å²) in [5, 5.41) is 12.2. The van der Waals surface area contributed by atoms with Gasteiger partial charge < -0.3 is 15.3 Å². The second-order valence-electron chi connectivity index (χ2n) is 4.82. The minimum absolute atomic E-state index is 0.401. The molecule has 0 spiro atoms. The van der Waals surface area contributed by atoms with E-state index in [2.05, 4.69) is 17.3 Å². The molecule has 0 saturated carbocycles. The number of hydrogen-bond acceptors (Lipinski definition) is 3. The highest BCUT2D eigenvalue weighted by atomic mass is 19.1. The van der Waals surface area contributed by atoms with Gasteiger partial charge in [-0.2, -0.15) is 0 Å². The minimum Gasteiger partial charge on any atom is -0.503 e. The Kier molecular flexibility index (Phi) is 4.14. The topological polar surface area (TPSA) is 35.5 Å². The van der Waals surface area contributed by atoms with E-state index >= 15 is 0 Å². The van der Waals surface area contributed by atoms with Gasteiger partial charge in [0.25, 0.3) is 0 Å². The molecule has 1 atom stereocenters. The maximum atomic E-state index is 13.1. The largest absolute Gasteiger partial charge is 0.503 e. The maximum Gasteiger partial charge on any atom is 0.187 e. The number of phenolic OH excluding ortho intramolecular Hbond substituents is 1. The van der Waals surface area contributed by atoms with Gasteiger partial charge in [0.2, 0.25) is 0 Å². The van der Waals surface area contributed by atoms with Crippen LogP contribution in [0.3, 0.4) is 0 Å². The van der Waals surface area contributed by atoms with Crippen LogP contribution in [0.4, 0.5) is 8.78 Å². The summed E-state index contributed by atoms with van der Waals surface area (Å²) in [5.41, 5.74) is 0.503. The highest BCUT2D eigenvalue weighted by molar-refractivity contribution is 5.29. The first-order valence-corrected chi connectivity index (χ1v) is 6.16. The van der Waals surface area contributed by atoms with Crippen LogP contribution in [0.15, 0.2) is 12.1 Å². The molecule has 1 unspecified atom stereocenters. The van der Waals surface area contributed by atoms with Gasteiger partial charge in [0, 0.05) is 19.1 Å². The summed E-state index contributed by atoms with van der Waals surface area (Å²) in [4.78, 5) is 2.28. The van der Waals surface area contributed by atoms with Gasteiger partial charge in [0.1, 0.15) is 0 Å². The van der Waals surface area contributed by atoms with Crippen LogP contribution in [0.25, 0.3) is 0 Å². The molecule has 0 aliphatic carbocycles. The van der Waals surface area contributed by atoms with E-state index in [9.17, 15) is 8.78 Å². The van der Waals surface area contributed by atoms with Gasteiger partial charge in [-0.1, -0.05) is 0 Å². The molecular formula is C13H18F2N2O. The molecule has 1 saturated heterocycles. The number of nitrogens with zero attached hydrogens (tertiary/aromatic N) is 1. The first-order chi connectivity index (χ1) is 8.58. The van der Waals surface area contributed by atoms with Gasteiger partial charge in [0.15, 0.2) is 17.4 Å². The molecule has 100 valence electrons. The molecule has 1 aromatic rings. The zero-order chi connectivity index (χ0) is 13.1. The third-order valence-electron chi connectivity index (χ3n) is 3.46. The fraction of sp³-hybridized carbons (Fsp3) is 0.538. The van der Waals surface area contributed by atoms with Crippen molar-refractivity contribution in [2.75, 3.05) is 20.1 Å². The lowest BCUT2D eigenvalue weighted by Crippen LogP contribution is -2.35. The van der Waals surface area contributed by atoms with Crippen LogP contribution in [-0.4, -0.2) is 36.2 Å². The van der Waals surface area contributed by atoms with E-state index < -0.39 is 17.4 Å². The van der Waals surface area contributed by atoms with Crippen LogP contribution in [0, 0.1) is 11.6 Å². The summed E-state index contributed by atoms with van der Waals surface area (Å²) in [6.45, 7) is 2.31. The Hall–Kier alpha value is -1.20. The monoisotopic (exact) mass is 256 g/mol. The van der Waals surface area contributed by atoms with Crippen LogP contribution in [0.2, 0.25) is 0 Å². The van der Waals surface area contributed by atoms with Gasteiger partial charge in [-0.3, -0.25) is 0 Å². The highest BCUT2D eigenvalue weighted by Gasteiger charge is 2.20. The Labute approximate surface area is 105 Å². The quantitative estimate of drug-likeness (QED) is 0.863. The van der Waals surface area contributed by atoms with E-state index in [1.54, 1.807) is 0 Å². The SMILES string of the molecule is CN1CCCC1CNCc1cc(F)c(O)c(F)c1. The van der Waals surface area contributed by atoms with E-state index in [1.807, 2.05) is 0 Å². The number of rotatable bonds is 4. The summed E-state index contributed by atoms with van der Waals surface area (Å²) >= 11 is 0. The molecule has 0 aromatic heterocycles. The number of nitrogens with one attached hydrogen (secondary N) is 1. The van der Waals surface area contributed by atoms with E-state index in [0.717, 1.165) is 31.6 Å². The zero-order valence-electron chi connectivity index (χ0n) is 10.4.